The van der Waals surface area contributed by atoms with Crippen LogP contribution in [0.1, 0.15) is 24.3 Å². The Bertz CT molecular complexity index is 937. The molecule has 3 rings (SSSR count). The minimum Gasteiger partial charge on any atom is -0.507 e. The number of carbonyl (C=O) groups is 2. The molecule has 1 amide bonds. The van der Waals surface area contributed by atoms with Crippen LogP contribution in [-0.4, -0.2) is 60.4 Å². The van der Waals surface area contributed by atoms with Crippen molar-refractivity contribution in [1.29, 1.82) is 0 Å². The fourth-order valence-electron chi connectivity index (χ4n) is 3.23. The number of ketones is 1. The number of amides is 1. The number of likely N-dealkylation sites (tertiary alicyclic amines) is 1. The molecule has 2 heterocycles. The molecule has 1 aliphatic heterocycles. The van der Waals surface area contributed by atoms with Gasteiger partial charge in [-0.15, -0.1) is 0 Å². The minimum atomic E-state index is -0.809. The Hall–Kier alpha value is -2.77. The molecular weight excluding hydrogens is 396 g/mol. The second kappa shape index (κ2) is 8.71. The molecule has 1 fully saturated rings. The molecule has 1 aromatic carbocycles. The standard InChI is InChI=1S/C21H23ClN2O5/c1-4-28-16-12-13(7-8-14(16)22)19(25)17-18(15-6-5-11-29-15)24(10-9-23(2)3)21(27)20(17)26/h5-8,11-12,18,25H,4,9-10H2,1-3H3/b19-17-. The van der Waals surface area contributed by atoms with Crippen molar-refractivity contribution in [3.8, 4) is 5.75 Å². The highest BCUT2D eigenvalue weighted by Gasteiger charge is 2.47. The summed E-state index contributed by atoms with van der Waals surface area (Å²) < 4.78 is 11.0. The fourth-order valence-corrected chi connectivity index (χ4v) is 3.41. The molecule has 0 aliphatic carbocycles. The monoisotopic (exact) mass is 418 g/mol. The van der Waals surface area contributed by atoms with Crippen molar-refractivity contribution in [3.63, 3.8) is 0 Å². The molecule has 1 unspecified atom stereocenters. The van der Waals surface area contributed by atoms with E-state index >= 15 is 0 Å². The number of furan rings is 1. The molecule has 154 valence electrons. The molecule has 1 aliphatic rings. The van der Waals surface area contributed by atoms with Crippen LogP contribution in [-0.2, 0) is 9.59 Å². The number of hydrogen-bond acceptors (Lipinski definition) is 6. The van der Waals surface area contributed by atoms with Crippen LogP contribution in [0.2, 0.25) is 5.02 Å². The quantitative estimate of drug-likeness (QED) is 0.422. The van der Waals surface area contributed by atoms with E-state index in [0.29, 0.717) is 41.8 Å². The van der Waals surface area contributed by atoms with Gasteiger partial charge in [0.2, 0.25) is 0 Å². The Balaban J connectivity index is 2.10. The number of carbonyl (C=O) groups excluding carboxylic acids is 2. The van der Waals surface area contributed by atoms with Crippen LogP contribution >= 0.6 is 11.6 Å². The normalized spacial score (nSPS) is 18.7. The van der Waals surface area contributed by atoms with Crippen molar-refractivity contribution in [2.75, 3.05) is 33.8 Å². The predicted octanol–water partition coefficient (Wildman–Crippen LogP) is 3.32. The van der Waals surface area contributed by atoms with Crippen LogP contribution in [0, 0.1) is 0 Å². The summed E-state index contributed by atoms with van der Waals surface area (Å²) in [6.45, 7) is 3.07. The Kier molecular flexibility index (Phi) is 6.30. The lowest BCUT2D eigenvalue weighted by atomic mass is 9.99. The first kappa shape index (κ1) is 21.0. The van der Waals surface area contributed by atoms with Crippen LogP contribution in [0.3, 0.4) is 0 Å². The fraction of sp³-hybridized carbons (Fsp3) is 0.333. The van der Waals surface area contributed by atoms with Gasteiger partial charge in [0, 0.05) is 18.7 Å². The van der Waals surface area contributed by atoms with Gasteiger partial charge in [0.15, 0.2) is 0 Å². The number of Topliss-reactive ketones (excluding diaryl/α,β-unsaturated/α-hetero) is 1. The van der Waals surface area contributed by atoms with E-state index in [4.69, 9.17) is 20.8 Å². The van der Waals surface area contributed by atoms with Crippen LogP contribution in [0.5, 0.6) is 5.75 Å². The van der Waals surface area contributed by atoms with Gasteiger partial charge in [0.25, 0.3) is 11.7 Å². The number of aliphatic hydroxyl groups excluding tert-OH is 1. The van der Waals surface area contributed by atoms with Gasteiger partial charge in [0.05, 0.1) is 23.5 Å². The highest BCUT2D eigenvalue weighted by molar-refractivity contribution is 6.46. The van der Waals surface area contributed by atoms with Gasteiger partial charge >= 0.3 is 0 Å². The third-order valence-electron chi connectivity index (χ3n) is 4.65. The lowest BCUT2D eigenvalue weighted by Crippen LogP contribution is -2.35. The van der Waals surface area contributed by atoms with E-state index in [0.717, 1.165) is 0 Å². The Morgan fingerprint density at radius 2 is 2.07 bits per heavy atom. The summed E-state index contributed by atoms with van der Waals surface area (Å²) in [7, 11) is 3.75. The summed E-state index contributed by atoms with van der Waals surface area (Å²) >= 11 is 6.12. The van der Waals surface area contributed by atoms with Gasteiger partial charge < -0.3 is 24.1 Å². The molecular formula is C21H23ClN2O5. The van der Waals surface area contributed by atoms with Crippen molar-refractivity contribution in [2.24, 2.45) is 0 Å². The summed E-state index contributed by atoms with van der Waals surface area (Å²) in [6, 6.07) is 7.25. The molecule has 1 atom stereocenters. The third-order valence-corrected chi connectivity index (χ3v) is 4.96. The van der Waals surface area contributed by atoms with Gasteiger partial charge in [-0.05, 0) is 51.4 Å². The average Bonchev–Trinajstić information content (AvgIpc) is 3.29. The average molecular weight is 419 g/mol. The largest absolute Gasteiger partial charge is 0.507 e. The van der Waals surface area contributed by atoms with Crippen molar-refractivity contribution in [2.45, 2.75) is 13.0 Å². The summed E-state index contributed by atoms with van der Waals surface area (Å²) in [4.78, 5) is 28.9. The van der Waals surface area contributed by atoms with Gasteiger partial charge in [-0.1, -0.05) is 11.6 Å². The number of nitrogens with zero attached hydrogens (tertiary/aromatic N) is 2. The molecule has 8 heteroatoms. The summed E-state index contributed by atoms with van der Waals surface area (Å²) in [6.07, 6.45) is 1.47. The minimum absolute atomic E-state index is 0.0199. The smallest absolute Gasteiger partial charge is 0.295 e. The predicted molar refractivity (Wildman–Crippen MR) is 109 cm³/mol. The van der Waals surface area contributed by atoms with Gasteiger partial charge in [0.1, 0.15) is 23.3 Å². The van der Waals surface area contributed by atoms with Crippen molar-refractivity contribution in [3.05, 3.63) is 58.5 Å². The SMILES string of the molecule is CCOc1cc(/C(O)=C2/C(=O)C(=O)N(CCN(C)C)C2c2ccco2)ccc1Cl. The van der Waals surface area contributed by atoms with Crippen LogP contribution in [0.15, 0.2) is 46.6 Å². The zero-order valence-corrected chi connectivity index (χ0v) is 17.3. The van der Waals surface area contributed by atoms with E-state index in [2.05, 4.69) is 0 Å². The number of aliphatic hydroxyl groups is 1. The highest BCUT2D eigenvalue weighted by atomic mass is 35.5. The van der Waals surface area contributed by atoms with Gasteiger partial charge in [-0.25, -0.2) is 0 Å². The first-order valence-electron chi connectivity index (χ1n) is 9.24. The lowest BCUT2D eigenvalue weighted by Gasteiger charge is -2.24. The Morgan fingerprint density at radius 3 is 2.69 bits per heavy atom. The van der Waals surface area contributed by atoms with Crippen LogP contribution in [0.4, 0.5) is 0 Å². The van der Waals surface area contributed by atoms with Gasteiger partial charge in [-0.2, -0.15) is 0 Å². The van der Waals surface area contributed by atoms with Crippen molar-refractivity contribution in [1.82, 2.24) is 9.80 Å². The maximum atomic E-state index is 12.8. The molecule has 1 aromatic heterocycles. The molecule has 0 bridgehead atoms. The number of benzene rings is 1. The maximum Gasteiger partial charge on any atom is 0.295 e. The first-order valence-corrected chi connectivity index (χ1v) is 9.62. The topological polar surface area (TPSA) is 83.2 Å². The van der Waals surface area contributed by atoms with E-state index in [1.54, 1.807) is 30.3 Å². The van der Waals surface area contributed by atoms with Crippen LogP contribution in [0.25, 0.3) is 5.76 Å². The molecule has 7 nitrogen and oxygen atoms in total. The molecule has 1 saturated heterocycles. The second-order valence-electron chi connectivity index (χ2n) is 6.89. The van der Waals surface area contributed by atoms with E-state index < -0.39 is 17.7 Å². The lowest BCUT2D eigenvalue weighted by molar-refractivity contribution is -0.140. The molecule has 1 N–H and O–H groups in total. The maximum absolute atomic E-state index is 12.8. The van der Waals surface area contributed by atoms with Crippen molar-refractivity contribution < 1.29 is 23.8 Å². The van der Waals surface area contributed by atoms with Gasteiger partial charge in [-0.3, -0.25) is 9.59 Å². The summed E-state index contributed by atoms with van der Waals surface area (Å²) in [5, 5.41) is 11.4. The molecule has 2 aromatic rings. The van der Waals surface area contributed by atoms with Crippen molar-refractivity contribution >= 4 is 29.1 Å². The zero-order valence-electron chi connectivity index (χ0n) is 16.5. The van der Waals surface area contributed by atoms with E-state index in [1.807, 2.05) is 25.9 Å². The highest BCUT2D eigenvalue weighted by Crippen LogP contribution is 2.40. The van der Waals surface area contributed by atoms with E-state index in [1.165, 1.54) is 11.2 Å². The number of rotatable bonds is 7. The third kappa shape index (κ3) is 4.16. The first-order chi connectivity index (χ1) is 13.8. The summed E-state index contributed by atoms with van der Waals surface area (Å²) in [5.41, 5.74) is 0.313. The number of likely N-dealkylation sites (N-methyl/N-ethyl adjacent to an activating group) is 1. The summed E-state index contributed by atoms with van der Waals surface area (Å²) in [5.74, 6) is -0.933. The second-order valence-corrected chi connectivity index (χ2v) is 7.30. The van der Waals surface area contributed by atoms with Crippen LogP contribution < -0.4 is 4.74 Å². The Labute approximate surface area is 174 Å². The Morgan fingerprint density at radius 1 is 1.31 bits per heavy atom. The number of ether oxygens (including phenoxy) is 1. The number of halogens is 1. The number of hydrogen-bond donors (Lipinski definition) is 1. The van der Waals surface area contributed by atoms with E-state index in [-0.39, 0.29) is 11.3 Å². The van der Waals surface area contributed by atoms with E-state index in [9.17, 15) is 14.7 Å². The molecule has 0 spiro atoms. The molecule has 0 radical (unpaired) electrons. The zero-order chi connectivity index (χ0) is 21.1. The molecule has 29 heavy (non-hydrogen) atoms. The molecule has 0 saturated carbocycles.